The van der Waals surface area contributed by atoms with E-state index >= 15 is 0 Å². The molecule has 0 aliphatic carbocycles. The van der Waals surface area contributed by atoms with Gasteiger partial charge < -0.3 is 9.73 Å². The van der Waals surface area contributed by atoms with Crippen molar-refractivity contribution >= 4 is 23.3 Å². The molecule has 0 spiro atoms. The highest BCUT2D eigenvalue weighted by Crippen LogP contribution is 2.36. The lowest BCUT2D eigenvalue weighted by atomic mass is 10.1. The van der Waals surface area contributed by atoms with Crippen LogP contribution >= 0.6 is 11.6 Å². The minimum Gasteiger partial charge on any atom is -0.451 e. The highest BCUT2D eigenvalue weighted by atomic mass is 35.5. The first-order valence-electron chi connectivity index (χ1n) is 7.04. The number of aromatic nitrogens is 1. The van der Waals surface area contributed by atoms with Crippen LogP contribution in [-0.2, 0) is 6.18 Å². The molecular weight excluding hydrogens is 357 g/mol. The number of nitrogens with zero attached hydrogens (tertiary/aromatic N) is 1. The van der Waals surface area contributed by atoms with Crippen LogP contribution in [0.4, 0.5) is 19.0 Å². The minimum absolute atomic E-state index is 0.0494. The quantitative estimate of drug-likeness (QED) is 0.687. The Balaban J connectivity index is 1.88. The van der Waals surface area contributed by atoms with Gasteiger partial charge >= 0.3 is 6.18 Å². The third-order valence-corrected chi connectivity index (χ3v) is 3.63. The van der Waals surface area contributed by atoms with Crippen LogP contribution in [0, 0.1) is 0 Å². The second-order valence-corrected chi connectivity index (χ2v) is 5.43. The van der Waals surface area contributed by atoms with E-state index in [1.165, 1.54) is 18.3 Å². The summed E-state index contributed by atoms with van der Waals surface area (Å²) in [6.07, 6.45) is -3.00. The Morgan fingerprint density at radius 3 is 2.60 bits per heavy atom. The summed E-state index contributed by atoms with van der Waals surface area (Å²) >= 11 is 5.96. The van der Waals surface area contributed by atoms with E-state index in [0.717, 1.165) is 18.2 Å². The molecule has 4 nitrogen and oxygen atoms in total. The van der Waals surface area contributed by atoms with E-state index in [9.17, 15) is 18.0 Å². The van der Waals surface area contributed by atoms with E-state index in [1.54, 1.807) is 18.2 Å². The number of amides is 1. The summed E-state index contributed by atoms with van der Waals surface area (Å²) in [5, 5.41) is 2.60. The van der Waals surface area contributed by atoms with Crippen LogP contribution in [0.5, 0.6) is 0 Å². The van der Waals surface area contributed by atoms with E-state index in [4.69, 9.17) is 16.0 Å². The Morgan fingerprint density at radius 2 is 1.92 bits per heavy atom. The number of benzene rings is 1. The summed E-state index contributed by atoms with van der Waals surface area (Å²) in [4.78, 5) is 16.1. The molecule has 0 saturated heterocycles. The maximum Gasteiger partial charge on any atom is 0.416 e. The molecule has 0 saturated carbocycles. The lowest BCUT2D eigenvalue weighted by molar-refractivity contribution is -0.137. The third kappa shape index (κ3) is 3.83. The van der Waals surface area contributed by atoms with Crippen molar-refractivity contribution in [3.63, 3.8) is 0 Å². The minimum atomic E-state index is -4.51. The molecule has 0 aliphatic rings. The Labute approximate surface area is 145 Å². The highest BCUT2D eigenvalue weighted by molar-refractivity contribution is 6.33. The fraction of sp³-hybridized carbons (Fsp3) is 0.0588. The second-order valence-electron chi connectivity index (χ2n) is 5.03. The molecule has 0 aliphatic heterocycles. The van der Waals surface area contributed by atoms with E-state index in [2.05, 4.69) is 10.3 Å². The van der Waals surface area contributed by atoms with Gasteiger partial charge in [-0.05, 0) is 42.5 Å². The molecule has 1 N–H and O–H groups in total. The normalized spacial score (nSPS) is 11.4. The molecule has 0 atom stereocenters. The maximum absolute atomic E-state index is 12.8. The molecule has 1 aromatic carbocycles. The van der Waals surface area contributed by atoms with Gasteiger partial charge in [0.05, 0.1) is 10.6 Å². The fourth-order valence-electron chi connectivity index (χ4n) is 2.11. The molecule has 0 radical (unpaired) electrons. The largest absolute Gasteiger partial charge is 0.451 e. The van der Waals surface area contributed by atoms with Gasteiger partial charge in [0, 0.05) is 11.8 Å². The van der Waals surface area contributed by atoms with Gasteiger partial charge in [-0.25, -0.2) is 4.98 Å². The number of halogens is 4. The molecule has 128 valence electrons. The summed E-state index contributed by atoms with van der Waals surface area (Å²) < 4.78 is 43.9. The summed E-state index contributed by atoms with van der Waals surface area (Å²) in [6.45, 7) is 0. The number of rotatable bonds is 3. The number of carbonyl (C=O) groups excluding carboxylic acids is 1. The summed E-state index contributed by atoms with van der Waals surface area (Å²) in [7, 11) is 0. The van der Waals surface area contributed by atoms with Crippen molar-refractivity contribution in [2.75, 3.05) is 5.32 Å². The number of nitrogens with one attached hydrogen (secondary N) is 1. The zero-order valence-electron chi connectivity index (χ0n) is 12.5. The molecule has 3 rings (SSSR count). The number of hydrogen-bond donors (Lipinski definition) is 1. The first-order chi connectivity index (χ1) is 11.8. The lowest BCUT2D eigenvalue weighted by Crippen LogP contribution is -2.11. The third-order valence-electron chi connectivity index (χ3n) is 3.30. The van der Waals surface area contributed by atoms with E-state index in [-0.39, 0.29) is 22.1 Å². The fourth-order valence-corrected chi connectivity index (χ4v) is 2.32. The van der Waals surface area contributed by atoms with E-state index in [1.807, 2.05) is 0 Å². The van der Waals surface area contributed by atoms with Crippen molar-refractivity contribution in [1.82, 2.24) is 4.98 Å². The van der Waals surface area contributed by atoms with Gasteiger partial charge in [-0.3, -0.25) is 4.79 Å². The van der Waals surface area contributed by atoms with Gasteiger partial charge in [-0.2, -0.15) is 13.2 Å². The highest BCUT2D eigenvalue weighted by Gasteiger charge is 2.31. The predicted molar refractivity (Wildman–Crippen MR) is 86.3 cm³/mol. The van der Waals surface area contributed by atoms with Crippen LogP contribution in [0.3, 0.4) is 0 Å². The van der Waals surface area contributed by atoms with Gasteiger partial charge in [-0.15, -0.1) is 0 Å². The Bertz CT molecular complexity index is 908. The molecular formula is C17H10ClF3N2O2. The number of anilines is 1. The molecule has 0 fully saturated rings. The average Bonchev–Trinajstić information content (AvgIpc) is 3.05. The van der Waals surface area contributed by atoms with Crippen molar-refractivity contribution in [2.24, 2.45) is 0 Å². The Hall–Kier alpha value is -2.80. The molecule has 25 heavy (non-hydrogen) atoms. The van der Waals surface area contributed by atoms with Crippen molar-refractivity contribution < 1.29 is 22.4 Å². The van der Waals surface area contributed by atoms with Crippen molar-refractivity contribution in [2.45, 2.75) is 6.18 Å². The number of alkyl halides is 3. The summed E-state index contributed by atoms with van der Waals surface area (Å²) in [6, 6.07) is 10.6. The smallest absolute Gasteiger partial charge is 0.416 e. The standard InChI is InChI=1S/C17H10ClF3N2O2/c18-12-5-4-10(17(19,20)21)9-11(12)13-6-7-14(25-13)16(24)23-15-3-1-2-8-22-15/h1-9H,(H,22,23,24). The van der Waals surface area contributed by atoms with Crippen LogP contribution in [0.25, 0.3) is 11.3 Å². The van der Waals surface area contributed by atoms with Crippen LogP contribution in [0.1, 0.15) is 16.1 Å². The van der Waals surface area contributed by atoms with Gasteiger partial charge in [0.2, 0.25) is 0 Å². The van der Waals surface area contributed by atoms with Gasteiger partial charge in [-0.1, -0.05) is 17.7 Å². The Morgan fingerprint density at radius 1 is 1.12 bits per heavy atom. The zero-order valence-corrected chi connectivity index (χ0v) is 13.2. The van der Waals surface area contributed by atoms with Gasteiger partial charge in [0.1, 0.15) is 11.6 Å². The molecule has 3 aromatic rings. The zero-order chi connectivity index (χ0) is 18.0. The maximum atomic E-state index is 12.8. The SMILES string of the molecule is O=C(Nc1ccccn1)c1ccc(-c2cc(C(F)(F)F)ccc2Cl)o1. The number of furan rings is 1. The molecule has 0 bridgehead atoms. The van der Waals surface area contributed by atoms with E-state index < -0.39 is 17.6 Å². The number of carbonyl (C=O) groups is 1. The second kappa shape index (κ2) is 6.60. The summed E-state index contributed by atoms with van der Waals surface area (Å²) in [5.41, 5.74) is -0.809. The lowest BCUT2D eigenvalue weighted by Gasteiger charge is -2.09. The van der Waals surface area contributed by atoms with Crippen LogP contribution < -0.4 is 5.32 Å². The number of hydrogen-bond acceptors (Lipinski definition) is 3. The molecule has 2 aromatic heterocycles. The van der Waals surface area contributed by atoms with Crippen LogP contribution in [-0.4, -0.2) is 10.9 Å². The van der Waals surface area contributed by atoms with Crippen molar-refractivity contribution in [1.29, 1.82) is 0 Å². The predicted octanol–water partition coefficient (Wildman–Crippen LogP) is 5.27. The monoisotopic (exact) mass is 366 g/mol. The van der Waals surface area contributed by atoms with Crippen molar-refractivity contribution in [3.8, 4) is 11.3 Å². The first kappa shape index (κ1) is 17.0. The Kier molecular flexibility index (Phi) is 4.50. The molecule has 0 unspecified atom stereocenters. The molecule has 8 heteroatoms. The molecule has 2 heterocycles. The topological polar surface area (TPSA) is 55.1 Å². The van der Waals surface area contributed by atoms with E-state index in [0.29, 0.717) is 5.82 Å². The van der Waals surface area contributed by atoms with Gasteiger partial charge in [0.25, 0.3) is 5.91 Å². The van der Waals surface area contributed by atoms with Crippen LogP contribution in [0.15, 0.2) is 59.1 Å². The average molecular weight is 367 g/mol. The molecule has 1 amide bonds. The first-order valence-corrected chi connectivity index (χ1v) is 7.42. The summed E-state index contributed by atoms with van der Waals surface area (Å²) in [5.74, 6) is -0.271. The van der Waals surface area contributed by atoms with Crippen LogP contribution in [0.2, 0.25) is 5.02 Å². The number of pyridine rings is 1. The van der Waals surface area contributed by atoms with Gasteiger partial charge in [0.15, 0.2) is 5.76 Å². The van der Waals surface area contributed by atoms with Crippen molar-refractivity contribution in [3.05, 3.63) is 71.1 Å².